The van der Waals surface area contributed by atoms with E-state index in [1.165, 1.54) is 16.7 Å². The molecule has 1 aromatic carbocycles. The minimum Gasteiger partial charge on any atom is -0.496 e. The molecule has 2 heteroatoms. The zero-order valence-corrected chi connectivity index (χ0v) is 10.9. The predicted octanol–water partition coefficient (Wildman–Crippen LogP) is 4.04. The van der Waals surface area contributed by atoms with Crippen LogP contribution in [0.15, 0.2) is 12.1 Å². The highest BCUT2D eigenvalue weighted by Crippen LogP contribution is 2.30. The van der Waals surface area contributed by atoms with Crippen LogP contribution in [-0.4, -0.2) is 12.5 Å². The van der Waals surface area contributed by atoms with Crippen molar-refractivity contribution in [3.05, 3.63) is 28.8 Å². The molecule has 15 heavy (non-hydrogen) atoms. The molecule has 0 aliphatic carbocycles. The number of ether oxygens (including phenoxy) is 1. The first kappa shape index (κ1) is 12.4. The number of hydrogen-bond acceptors (Lipinski definition) is 1. The van der Waals surface area contributed by atoms with Gasteiger partial charge in [-0.15, -0.1) is 11.6 Å². The van der Waals surface area contributed by atoms with Crippen LogP contribution in [0.2, 0.25) is 0 Å². The average Bonchev–Trinajstić information content (AvgIpc) is 2.19. The zero-order valence-electron chi connectivity index (χ0n) is 10.1. The van der Waals surface area contributed by atoms with Gasteiger partial charge >= 0.3 is 0 Å². The largest absolute Gasteiger partial charge is 0.496 e. The summed E-state index contributed by atoms with van der Waals surface area (Å²) < 4.78 is 5.29. The SMILES string of the molecule is COc1cc(C)c(C(C)C(C)Cl)cc1C. The lowest BCUT2D eigenvalue weighted by molar-refractivity contribution is 0.411. The number of alkyl halides is 1. The summed E-state index contributed by atoms with van der Waals surface area (Å²) in [6.45, 7) is 8.36. The van der Waals surface area contributed by atoms with Crippen molar-refractivity contribution in [2.24, 2.45) is 0 Å². The van der Waals surface area contributed by atoms with Crippen molar-refractivity contribution in [2.75, 3.05) is 7.11 Å². The molecule has 0 heterocycles. The van der Waals surface area contributed by atoms with Crippen LogP contribution in [0.25, 0.3) is 0 Å². The van der Waals surface area contributed by atoms with E-state index in [0.717, 1.165) is 5.75 Å². The second-order valence-corrected chi connectivity index (χ2v) is 4.83. The van der Waals surface area contributed by atoms with Gasteiger partial charge in [-0.25, -0.2) is 0 Å². The van der Waals surface area contributed by atoms with Gasteiger partial charge in [0.25, 0.3) is 0 Å². The molecule has 2 atom stereocenters. The van der Waals surface area contributed by atoms with Crippen molar-refractivity contribution in [1.82, 2.24) is 0 Å². The molecule has 0 aliphatic rings. The van der Waals surface area contributed by atoms with E-state index in [9.17, 15) is 0 Å². The minimum absolute atomic E-state index is 0.150. The first-order chi connectivity index (χ1) is 6.97. The molecule has 0 fully saturated rings. The Balaban J connectivity index is 3.15. The number of halogens is 1. The molecule has 0 N–H and O–H groups in total. The van der Waals surface area contributed by atoms with Gasteiger partial charge in [0.1, 0.15) is 5.75 Å². The van der Waals surface area contributed by atoms with Crippen molar-refractivity contribution in [1.29, 1.82) is 0 Å². The summed E-state index contributed by atoms with van der Waals surface area (Å²) in [7, 11) is 1.70. The first-order valence-electron chi connectivity index (χ1n) is 5.26. The lowest BCUT2D eigenvalue weighted by Crippen LogP contribution is -2.07. The summed E-state index contributed by atoms with van der Waals surface area (Å²) in [6, 6.07) is 4.26. The average molecular weight is 227 g/mol. The molecule has 2 unspecified atom stereocenters. The Morgan fingerprint density at radius 3 is 2.20 bits per heavy atom. The number of rotatable bonds is 3. The second-order valence-electron chi connectivity index (χ2n) is 4.14. The smallest absolute Gasteiger partial charge is 0.122 e. The molecule has 84 valence electrons. The highest BCUT2D eigenvalue weighted by molar-refractivity contribution is 6.20. The van der Waals surface area contributed by atoms with Gasteiger partial charge in [0.05, 0.1) is 7.11 Å². The summed E-state index contributed by atoms with van der Waals surface area (Å²) in [6.07, 6.45) is 0. The van der Waals surface area contributed by atoms with Crippen LogP contribution in [0.3, 0.4) is 0 Å². The monoisotopic (exact) mass is 226 g/mol. The third-order valence-electron chi connectivity index (χ3n) is 2.96. The Bertz CT molecular complexity index is 345. The van der Waals surface area contributed by atoms with Crippen LogP contribution in [-0.2, 0) is 0 Å². The maximum absolute atomic E-state index is 6.13. The fourth-order valence-corrected chi connectivity index (χ4v) is 1.91. The van der Waals surface area contributed by atoms with Gasteiger partial charge in [0.2, 0.25) is 0 Å². The van der Waals surface area contributed by atoms with Gasteiger partial charge in [-0.2, -0.15) is 0 Å². The third kappa shape index (κ3) is 2.66. The van der Waals surface area contributed by atoms with E-state index in [-0.39, 0.29) is 5.38 Å². The lowest BCUT2D eigenvalue weighted by Gasteiger charge is -2.19. The molecular weight excluding hydrogens is 208 g/mol. The molecule has 0 amide bonds. The Kier molecular flexibility index (Phi) is 4.04. The van der Waals surface area contributed by atoms with Crippen molar-refractivity contribution in [3.8, 4) is 5.75 Å². The van der Waals surface area contributed by atoms with E-state index < -0.39 is 0 Å². The Morgan fingerprint density at radius 1 is 1.13 bits per heavy atom. The zero-order chi connectivity index (χ0) is 11.6. The molecule has 0 saturated heterocycles. The van der Waals surface area contributed by atoms with E-state index >= 15 is 0 Å². The quantitative estimate of drug-likeness (QED) is 0.707. The molecule has 1 aromatic rings. The normalized spacial score (nSPS) is 14.8. The topological polar surface area (TPSA) is 9.23 Å². The van der Waals surface area contributed by atoms with Crippen LogP contribution in [0.5, 0.6) is 5.75 Å². The van der Waals surface area contributed by atoms with Gasteiger partial charge < -0.3 is 4.74 Å². The van der Waals surface area contributed by atoms with Gasteiger partial charge in [-0.05, 0) is 49.4 Å². The number of benzene rings is 1. The minimum atomic E-state index is 0.150. The van der Waals surface area contributed by atoms with Crippen LogP contribution in [0.1, 0.15) is 36.5 Å². The standard InChI is InChI=1S/C13H19ClO/c1-8-7-13(15-5)9(2)6-12(8)10(3)11(4)14/h6-7,10-11H,1-5H3. The van der Waals surface area contributed by atoms with E-state index in [4.69, 9.17) is 16.3 Å². The molecule has 1 nitrogen and oxygen atoms in total. The Morgan fingerprint density at radius 2 is 1.73 bits per heavy atom. The summed E-state index contributed by atoms with van der Waals surface area (Å²) in [5.41, 5.74) is 3.73. The third-order valence-corrected chi connectivity index (χ3v) is 3.34. The maximum Gasteiger partial charge on any atom is 0.122 e. The first-order valence-corrected chi connectivity index (χ1v) is 5.70. The van der Waals surface area contributed by atoms with Gasteiger partial charge in [-0.3, -0.25) is 0 Å². The van der Waals surface area contributed by atoms with Crippen LogP contribution >= 0.6 is 11.6 Å². The van der Waals surface area contributed by atoms with Gasteiger partial charge in [0.15, 0.2) is 0 Å². The van der Waals surface area contributed by atoms with Crippen molar-refractivity contribution < 1.29 is 4.74 Å². The highest BCUT2D eigenvalue weighted by Gasteiger charge is 2.15. The van der Waals surface area contributed by atoms with Crippen LogP contribution in [0.4, 0.5) is 0 Å². The summed E-state index contributed by atoms with van der Waals surface area (Å²) in [5.74, 6) is 1.32. The molecule has 0 bridgehead atoms. The van der Waals surface area contributed by atoms with Crippen LogP contribution < -0.4 is 4.74 Å². The van der Waals surface area contributed by atoms with Crippen molar-refractivity contribution in [2.45, 2.75) is 39.0 Å². The predicted molar refractivity (Wildman–Crippen MR) is 66.2 cm³/mol. The summed E-state index contributed by atoms with van der Waals surface area (Å²) in [5, 5.41) is 0.150. The fraction of sp³-hybridized carbons (Fsp3) is 0.538. The van der Waals surface area contributed by atoms with Gasteiger partial charge in [0, 0.05) is 5.38 Å². The van der Waals surface area contributed by atoms with E-state index in [1.807, 2.05) is 6.92 Å². The molecule has 0 saturated carbocycles. The lowest BCUT2D eigenvalue weighted by atomic mass is 9.92. The fourth-order valence-electron chi connectivity index (χ4n) is 1.77. The Hall–Kier alpha value is -0.690. The molecule has 0 aliphatic heterocycles. The van der Waals surface area contributed by atoms with Gasteiger partial charge in [-0.1, -0.05) is 13.0 Å². The molecule has 0 radical (unpaired) electrons. The highest BCUT2D eigenvalue weighted by atomic mass is 35.5. The number of hydrogen-bond donors (Lipinski definition) is 0. The molecule has 0 spiro atoms. The van der Waals surface area contributed by atoms with E-state index in [1.54, 1.807) is 7.11 Å². The number of aryl methyl sites for hydroxylation is 2. The molecule has 0 aromatic heterocycles. The van der Waals surface area contributed by atoms with Crippen molar-refractivity contribution in [3.63, 3.8) is 0 Å². The van der Waals surface area contributed by atoms with Crippen LogP contribution in [0, 0.1) is 13.8 Å². The summed E-state index contributed by atoms with van der Waals surface area (Å²) in [4.78, 5) is 0. The molecular formula is C13H19ClO. The van der Waals surface area contributed by atoms with E-state index in [0.29, 0.717) is 5.92 Å². The second kappa shape index (κ2) is 4.89. The summed E-state index contributed by atoms with van der Waals surface area (Å²) >= 11 is 6.13. The number of methoxy groups -OCH3 is 1. The van der Waals surface area contributed by atoms with E-state index in [2.05, 4.69) is 32.9 Å². The molecule has 1 rings (SSSR count). The van der Waals surface area contributed by atoms with Crippen molar-refractivity contribution >= 4 is 11.6 Å². The maximum atomic E-state index is 6.13. The Labute approximate surface area is 97.4 Å².